The van der Waals surface area contributed by atoms with Gasteiger partial charge in [0.1, 0.15) is 0 Å². The van der Waals surface area contributed by atoms with Crippen molar-refractivity contribution in [2.75, 3.05) is 0 Å². The fourth-order valence-electron chi connectivity index (χ4n) is 2.55. The highest BCUT2D eigenvalue weighted by Gasteiger charge is 2.41. The van der Waals surface area contributed by atoms with E-state index in [1.165, 1.54) is 19.3 Å². The van der Waals surface area contributed by atoms with Crippen LogP contribution in [0.1, 0.15) is 73.1 Å². The number of halogens is 1. The van der Waals surface area contributed by atoms with E-state index in [1.807, 2.05) is 6.08 Å². The summed E-state index contributed by atoms with van der Waals surface area (Å²) in [5, 5.41) is 10.5. The van der Waals surface area contributed by atoms with Crippen LogP contribution in [0.25, 0.3) is 0 Å². The predicted molar refractivity (Wildman–Crippen MR) is 86.8 cm³/mol. The molecule has 0 aliphatic heterocycles. The second-order valence-electron chi connectivity index (χ2n) is 6.81. The van der Waals surface area contributed by atoms with Crippen molar-refractivity contribution in [1.82, 2.24) is 0 Å². The summed E-state index contributed by atoms with van der Waals surface area (Å²) < 4.78 is 0. The maximum absolute atomic E-state index is 10.7. The van der Waals surface area contributed by atoms with Crippen molar-refractivity contribution in [3.63, 3.8) is 0 Å². The number of alkyl halides is 1. The molecular formula is C17H33ClO. The van der Waals surface area contributed by atoms with Gasteiger partial charge >= 0.3 is 0 Å². The van der Waals surface area contributed by atoms with Gasteiger partial charge in [-0.1, -0.05) is 66.4 Å². The van der Waals surface area contributed by atoms with Gasteiger partial charge in [-0.25, -0.2) is 0 Å². The first kappa shape index (κ1) is 19.0. The van der Waals surface area contributed by atoms with Gasteiger partial charge in [0, 0.05) is 5.41 Å². The van der Waals surface area contributed by atoms with E-state index >= 15 is 0 Å². The number of aliphatic hydroxyl groups is 1. The third-order valence-electron chi connectivity index (χ3n) is 4.25. The number of hydrogen-bond acceptors (Lipinski definition) is 1. The molecule has 0 rings (SSSR count). The van der Waals surface area contributed by atoms with Gasteiger partial charge in [0.05, 0.1) is 11.5 Å². The molecule has 0 heterocycles. The summed E-state index contributed by atoms with van der Waals surface area (Å²) in [6.07, 6.45) is 8.13. The van der Waals surface area contributed by atoms with Gasteiger partial charge in [-0.05, 0) is 18.3 Å². The Labute approximate surface area is 125 Å². The molecule has 2 unspecified atom stereocenters. The minimum absolute atomic E-state index is 0.103. The average molecular weight is 289 g/mol. The van der Waals surface area contributed by atoms with Crippen LogP contribution in [-0.2, 0) is 0 Å². The Balaban J connectivity index is 4.81. The Morgan fingerprint density at radius 2 is 1.74 bits per heavy atom. The standard InChI is InChI=1S/C17H33ClO/c1-7-10-11-12-13-17(8-2,9-3)15(19)14(18)16(4,5)6/h8,14-15,19H,2,7,9-13H2,1,3-6H3/t14?,15?,17-/m1/s1. The van der Waals surface area contributed by atoms with E-state index in [9.17, 15) is 5.11 Å². The highest BCUT2D eigenvalue weighted by atomic mass is 35.5. The summed E-state index contributed by atoms with van der Waals surface area (Å²) >= 11 is 6.49. The van der Waals surface area contributed by atoms with Crippen LogP contribution in [0, 0.1) is 10.8 Å². The van der Waals surface area contributed by atoms with Gasteiger partial charge in [-0.15, -0.1) is 18.2 Å². The fraction of sp³-hybridized carbons (Fsp3) is 0.882. The predicted octanol–water partition coefficient (Wildman–Crippen LogP) is 5.55. The van der Waals surface area contributed by atoms with E-state index in [4.69, 9.17) is 11.6 Å². The van der Waals surface area contributed by atoms with Crippen LogP contribution in [0.3, 0.4) is 0 Å². The third-order valence-corrected chi connectivity index (χ3v) is 5.15. The summed E-state index contributed by atoms with van der Waals surface area (Å²) in [6.45, 7) is 14.5. The van der Waals surface area contributed by atoms with Crippen LogP contribution in [0.2, 0.25) is 0 Å². The monoisotopic (exact) mass is 288 g/mol. The first-order valence-electron chi connectivity index (χ1n) is 7.71. The summed E-state index contributed by atoms with van der Waals surface area (Å²) in [5.74, 6) is 0. The van der Waals surface area contributed by atoms with Crippen molar-refractivity contribution in [2.45, 2.75) is 84.6 Å². The van der Waals surface area contributed by atoms with Gasteiger partial charge in [-0.3, -0.25) is 0 Å². The maximum atomic E-state index is 10.7. The SMILES string of the molecule is C=C[C@@](CC)(CCCCCC)C(O)C(Cl)C(C)(C)C. The minimum atomic E-state index is -0.529. The van der Waals surface area contributed by atoms with Crippen molar-refractivity contribution in [3.05, 3.63) is 12.7 Å². The molecule has 0 aromatic heterocycles. The quantitative estimate of drug-likeness (QED) is 0.335. The molecule has 0 amide bonds. The van der Waals surface area contributed by atoms with Gasteiger partial charge < -0.3 is 5.11 Å². The second kappa shape index (κ2) is 8.32. The number of unbranched alkanes of at least 4 members (excludes halogenated alkanes) is 3. The van der Waals surface area contributed by atoms with Crippen molar-refractivity contribution < 1.29 is 5.11 Å². The maximum Gasteiger partial charge on any atom is 0.0799 e. The summed E-state index contributed by atoms with van der Waals surface area (Å²) in [5.41, 5.74) is -0.346. The zero-order chi connectivity index (χ0) is 15.1. The molecule has 0 radical (unpaired) electrons. The minimum Gasteiger partial charge on any atom is -0.391 e. The smallest absolute Gasteiger partial charge is 0.0799 e. The van der Waals surface area contributed by atoms with E-state index in [1.54, 1.807) is 0 Å². The Bertz CT molecular complexity index is 256. The summed E-state index contributed by atoms with van der Waals surface area (Å²) in [6, 6.07) is 0. The van der Waals surface area contributed by atoms with E-state index in [0.717, 1.165) is 19.3 Å². The van der Waals surface area contributed by atoms with Gasteiger partial charge in [-0.2, -0.15) is 0 Å². The molecule has 0 aliphatic carbocycles. The molecule has 2 heteroatoms. The van der Waals surface area contributed by atoms with Crippen LogP contribution >= 0.6 is 11.6 Å². The van der Waals surface area contributed by atoms with Gasteiger partial charge in [0.2, 0.25) is 0 Å². The molecule has 19 heavy (non-hydrogen) atoms. The number of hydrogen-bond donors (Lipinski definition) is 1. The first-order chi connectivity index (χ1) is 8.75. The molecule has 0 saturated carbocycles. The lowest BCUT2D eigenvalue weighted by atomic mass is 9.70. The van der Waals surface area contributed by atoms with Crippen LogP contribution in [0.4, 0.5) is 0 Å². The molecule has 3 atom stereocenters. The molecule has 0 fully saturated rings. The topological polar surface area (TPSA) is 20.2 Å². The molecule has 0 aromatic carbocycles. The van der Waals surface area contributed by atoms with E-state index in [2.05, 4.69) is 41.2 Å². The van der Waals surface area contributed by atoms with Crippen molar-refractivity contribution in [1.29, 1.82) is 0 Å². The molecule has 0 spiro atoms. The molecule has 1 N–H and O–H groups in total. The van der Waals surface area contributed by atoms with E-state index in [-0.39, 0.29) is 16.2 Å². The molecule has 0 bridgehead atoms. The largest absolute Gasteiger partial charge is 0.391 e. The lowest BCUT2D eigenvalue weighted by Gasteiger charge is -2.41. The van der Waals surface area contributed by atoms with E-state index < -0.39 is 6.10 Å². The number of rotatable bonds is 9. The van der Waals surface area contributed by atoms with Crippen LogP contribution in [0.15, 0.2) is 12.7 Å². The molecule has 1 nitrogen and oxygen atoms in total. The first-order valence-corrected chi connectivity index (χ1v) is 8.14. The molecular weight excluding hydrogens is 256 g/mol. The van der Waals surface area contributed by atoms with Crippen LogP contribution < -0.4 is 0 Å². The lowest BCUT2D eigenvalue weighted by molar-refractivity contribution is 0.0202. The number of aliphatic hydroxyl groups excluding tert-OH is 1. The summed E-state index contributed by atoms with van der Waals surface area (Å²) in [4.78, 5) is 0. The van der Waals surface area contributed by atoms with Crippen molar-refractivity contribution in [2.24, 2.45) is 10.8 Å². The zero-order valence-corrected chi connectivity index (χ0v) is 14.3. The summed E-state index contributed by atoms with van der Waals surface area (Å²) in [7, 11) is 0. The second-order valence-corrected chi connectivity index (χ2v) is 7.28. The fourth-order valence-corrected chi connectivity index (χ4v) is 2.80. The molecule has 0 aromatic rings. The average Bonchev–Trinajstić information content (AvgIpc) is 2.37. The Morgan fingerprint density at radius 1 is 1.16 bits per heavy atom. The van der Waals surface area contributed by atoms with Crippen LogP contribution in [0.5, 0.6) is 0 Å². The zero-order valence-electron chi connectivity index (χ0n) is 13.5. The Kier molecular flexibility index (Phi) is 8.31. The highest BCUT2D eigenvalue weighted by molar-refractivity contribution is 6.21. The molecule has 114 valence electrons. The molecule has 0 aliphatic rings. The van der Waals surface area contributed by atoms with E-state index in [0.29, 0.717) is 0 Å². The lowest BCUT2D eigenvalue weighted by Crippen LogP contribution is -2.44. The van der Waals surface area contributed by atoms with Gasteiger partial charge in [0.15, 0.2) is 0 Å². The van der Waals surface area contributed by atoms with Crippen molar-refractivity contribution >= 4 is 11.6 Å². The van der Waals surface area contributed by atoms with Crippen molar-refractivity contribution in [3.8, 4) is 0 Å². The van der Waals surface area contributed by atoms with Crippen LogP contribution in [-0.4, -0.2) is 16.6 Å². The highest BCUT2D eigenvalue weighted by Crippen LogP contribution is 2.41. The normalized spacial score (nSPS) is 18.7. The Hall–Kier alpha value is -0.0100. The third kappa shape index (κ3) is 5.47. The molecule has 0 saturated heterocycles. The Morgan fingerprint density at radius 3 is 2.11 bits per heavy atom. The van der Waals surface area contributed by atoms with Gasteiger partial charge in [0.25, 0.3) is 0 Å².